The Morgan fingerprint density at radius 3 is 2.85 bits per heavy atom. The lowest BCUT2D eigenvalue weighted by molar-refractivity contribution is 0.191. The number of aliphatic hydroxyl groups is 1. The zero-order valence-corrected chi connectivity index (χ0v) is 14.1. The molecule has 1 fully saturated rings. The van der Waals surface area contributed by atoms with Gasteiger partial charge in [-0.1, -0.05) is 28.1 Å². The summed E-state index contributed by atoms with van der Waals surface area (Å²) in [4.78, 5) is 4.73. The van der Waals surface area contributed by atoms with Crippen molar-refractivity contribution in [3.05, 3.63) is 28.2 Å². The summed E-state index contributed by atoms with van der Waals surface area (Å²) in [6, 6.07) is 6.21. The van der Waals surface area contributed by atoms with Crippen LogP contribution < -0.4 is 10.6 Å². The number of β-amino-alcohol motifs (C(OH)–C–C–N with tert-alkyl or cyclic N) is 1. The first-order chi connectivity index (χ1) is 9.38. The molecule has 0 bridgehead atoms. The fraction of sp³-hybridized carbons (Fsp3) is 0.500. The van der Waals surface area contributed by atoms with Crippen LogP contribution in [0.25, 0.3) is 0 Å². The molecule has 110 valence electrons. The van der Waals surface area contributed by atoms with E-state index in [1.807, 2.05) is 32.3 Å². The highest BCUT2D eigenvalue weighted by atomic mass is 79.9. The first kappa shape index (κ1) is 15.7. The second-order valence-corrected chi connectivity index (χ2v) is 6.84. The van der Waals surface area contributed by atoms with Gasteiger partial charge in [0.05, 0.1) is 6.10 Å². The second kappa shape index (κ2) is 6.39. The van der Waals surface area contributed by atoms with Gasteiger partial charge >= 0.3 is 0 Å². The van der Waals surface area contributed by atoms with Crippen LogP contribution >= 0.6 is 28.1 Å². The monoisotopic (exact) mass is 357 g/mol. The molecule has 0 aromatic heterocycles. The van der Waals surface area contributed by atoms with E-state index in [0.29, 0.717) is 11.5 Å². The highest BCUT2D eigenvalue weighted by Gasteiger charge is 2.32. The Morgan fingerprint density at radius 1 is 1.55 bits per heavy atom. The van der Waals surface area contributed by atoms with Gasteiger partial charge in [-0.2, -0.15) is 0 Å². The Hall–Kier alpha value is -0.690. The number of nitrogens with two attached hydrogens (primary N) is 1. The van der Waals surface area contributed by atoms with Crippen LogP contribution in [0.1, 0.15) is 12.0 Å². The number of benzene rings is 1. The molecule has 2 rings (SSSR count). The zero-order valence-electron chi connectivity index (χ0n) is 11.7. The van der Waals surface area contributed by atoms with Crippen molar-refractivity contribution in [2.45, 2.75) is 18.6 Å². The zero-order chi connectivity index (χ0) is 14.9. The average molecular weight is 358 g/mol. The van der Waals surface area contributed by atoms with E-state index >= 15 is 0 Å². The molecule has 0 radical (unpaired) electrons. The third kappa shape index (κ3) is 3.49. The van der Waals surface area contributed by atoms with Gasteiger partial charge in [-0.15, -0.1) is 0 Å². The van der Waals surface area contributed by atoms with Gasteiger partial charge in [0.2, 0.25) is 0 Å². The fourth-order valence-electron chi connectivity index (χ4n) is 2.74. The molecule has 4 nitrogen and oxygen atoms in total. The summed E-state index contributed by atoms with van der Waals surface area (Å²) in [5, 5.41) is 9.99. The van der Waals surface area contributed by atoms with E-state index in [9.17, 15) is 5.11 Å². The lowest BCUT2D eigenvalue weighted by atomic mass is 10.1. The Bertz CT molecular complexity index is 509. The Labute approximate surface area is 133 Å². The number of halogens is 1. The summed E-state index contributed by atoms with van der Waals surface area (Å²) in [5.74, 6) is 0. The molecule has 2 unspecified atom stereocenters. The van der Waals surface area contributed by atoms with E-state index in [0.717, 1.165) is 28.7 Å². The van der Waals surface area contributed by atoms with Crippen LogP contribution in [0.4, 0.5) is 5.69 Å². The SMILES string of the molecule is CN(C)CC1CC(O)CN1c1ccc(Br)cc1C(N)=S. The number of hydrogen-bond donors (Lipinski definition) is 2. The summed E-state index contributed by atoms with van der Waals surface area (Å²) in [7, 11) is 4.08. The minimum atomic E-state index is -0.303. The largest absolute Gasteiger partial charge is 0.391 e. The second-order valence-electron chi connectivity index (χ2n) is 5.48. The molecule has 0 aliphatic carbocycles. The summed E-state index contributed by atoms with van der Waals surface area (Å²) < 4.78 is 0.952. The van der Waals surface area contributed by atoms with E-state index in [1.54, 1.807) is 0 Å². The van der Waals surface area contributed by atoms with Crippen molar-refractivity contribution in [1.29, 1.82) is 0 Å². The molecule has 20 heavy (non-hydrogen) atoms. The van der Waals surface area contributed by atoms with Gasteiger partial charge in [-0.05, 0) is 38.7 Å². The van der Waals surface area contributed by atoms with E-state index in [4.69, 9.17) is 18.0 Å². The van der Waals surface area contributed by atoms with Crippen molar-refractivity contribution in [3.8, 4) is 0 Å². The summed E-state index contributed by atoms with van der Waals surface area (Å²) in [6.07, 6.45) is 0.466. The Kier molecular flexibility index (Phi) is 5.01. The number of likely N-dealkylation sites (N-methyl/N-ethyl adjacent to an activating group) is 1. The first-order valence-electron chi connectivity index (χ1n) is 6.57. The molecule has 3 N–H and O–H groups in total. The molecule has 2 atom stereocenters. The number of nitrogens with zero attached hydrogens (tertiary/aromatic N) is 2. The molecular formula is C14H20BrN3OS. The maximum Gasteiger partial charge on any atom is 0.106 e. The molecule has 0 spiro atoms. The van der Waals surface area contributed by atoms with Crippen LogP contribution in [0.2, 0.25) is 0 Å². The molecule has 1 heterocycles. The predicted molar refractivity (Wildman–Crippen MR) is 90.3 cm³/mol. The lowest BCUT2D eigenvalue weighted by Gasteiger charge is -2.30. The number of anilines is 1. The minimum Gasteiger partial charge on any atom is -0.391 e. The number of rotatable bonds is 4. The summed E-state index contributed by atoms with van der Waals surface area (Å²) in [6.45, 7) is 1.51. The molecule has 0 amide bonds. The van der Waals surface area contributed by atoms with Crippen molar-refractivity contribution in [2.75, 3.05) is 32.1 Å². The van der Waals surface area contributed by atoms with Crippen LogP contribution in [0, 0.1) is 0 Å². The van der Waals surface area contributed by atoms with Crippen LogP contribution in [0.3, 0.4) is 0 Å². The summed E-state index contributed by atoms with van der Waals surface area (Å²) in [5.41, 5.74) is 7.70. The first-order valence-corrected chi connectivity index (χ1v) is 7.77. The minimum absolute atomic E-state index is 0.272. The molecule has 1 aromatic rings. The van der Waals surface area contributed by atoms with Crippen LogP contribution in [0.15, 0.2) is 22.7 Å². The standard InChI is InChI=1S/C14H20BrN3OS/c1-17(2)7-10-6-11(19)8-18(10)13-4-3-9(15)5-12(13)14(16)20/h3-5,10-11,19H,6-8H2,1-2H3,(H2,16,20). The normalized spacial score (nSPS) is 22.6. The van der Waals surface area contributed by atoms with E-state index in [1.165, 1.54) is 0 Å². The molecular weight excluding hydrogens is 338 g/mol. The number of hydrogen-bond acceptors (Lipinski definition) is 4. The van der Waals surface area contributed by atoms with Crippen molar-refractivity contribution in [1.82, 2.24) is 4.90 Å². The number of thiocarbonyl (C=S) groups is 1. The van der Waals surface area contributed by atoms with Crippen molar-refractivity contribution in [3.63, 3.8) is 0 Å². The Morgan fingerprint density at radius 2 is 2.25 bits per heavy atom. The van der Waals surface area contributed by atoms with Gasteiger partial charge in [-0.25, -0.2) is 0 Å². The Balaban J connectivity index is 2.36. The maximum atomic E-state index is 9.99. The quantitative estimate of drug-likeness (QED) is 0.801. The highest BCUT2D eigenvalue weighted by molar-refractivity contribution is 9.10. The third-order valence-electron chi connectivity index (χ3n) is 3.50. The summed E-state index contributed by atoms with van der Waals surface area (Å²) >= 11 is 8.61. The smallest absolute Gasteiger partial charge is 0.106 e. The fourth-order valence-corrected chi connectivity index (χ4v) is 3.26. The van der Waals surface area contributed by atoms with Crippen LogP contribution in [-0.4, -0.2) is 54.3 Å². The van der Waals surface area contributed by atoms with Crippen molar-refractivity contribution >= 4 is 38.8 Å². The lowest BCUT2D eigenvalue weighted by Crippen LogP contribution is -2.38. The van der Waals surface area contributed by atoms with Crippen molar-refractivity contribution in [2.24, 2.45) is 5.73 Å². The third-order valence-corrected chi connectivity index (χ3v) is 4.21. The predicted octanol–water partition coefficient (Wildman–Crippen LogP) is 1.58. The number of aliphatic hydroxyl groups excluding tert-OH is 1. The van der Waals surface area contributed by atoms with Gasteiger partial charge in [0.1, 0.15) is 4.99 Å². The van der Waals surface area contributed by atoms with E-state index < -0.39 is 0 Å². The average Bonchev–Trinajstić information content (AvgIpc) is 2.69. The maximum absolute atomic E-state index is 9.99. The molecule has 1 aromatic carbocycles. The van der Waals surface area contributed by atoms with Crippen LogP contribution in [0.5, 0.6) is 0 Å². The molecule has 1 saturated heterocycles. The van der Waals surface area contributed by atoms with Gasteiger partial charge in [-0.3, -0.25) is 0 Å². The van der Waals surface area contributed by atoms with Crippen LogP contribution in [-0.2, 0) is 0 Å². The molecule has 6 heteroatoms. The molecule has 0 saturated carbocycles. The topological polar surface area (TPSA) is 52.7 Å². The van der Waals surface area contributed by atoms with Gasteiger partial charge in [0, 0.05) is 34.9 Å². The molecule has 1 aliphatic heterocycles. The van der Waals surface area contributed by atoms with Gasteiger partial charge in [0.25, 0.3) is 0 Å². The van der Waals surface area contributed by atoms with Crippen molar-refractivity contribution < 1.29 is 5.11 Å². The highest BCUT2D eigenvalue weighted by Crippen LogP contribution is 2.31. The van der Waals surface area contributed by atoms with Gasteiger partial charge in [0.15, 0.2) is 0 Å². The van der Waals surface area contributed by atoms with E-state index in [-0.39, 0.29) is 12.1 Å². The molecule has 1 aliphatic rings. The van der Waals surface area contributed by atoms with Gasteiger partial charge < -0.3 is 20.6 Å². The van der Waals surface area contributed by atoms with E-state index in [2.05, 4.69) is 25.7 Å².